The van der Waals surface area contributed by atoms with E-state index >= 15 is 0 Å². The molecule has 2 N–H and O–H groups in total. The molecular weight excluding hydrogens is 234 g/mol. The summed E-state index contributed by atoms with van der Waals surface area (Å²) in [4.78, 5) is 22.7. The third-order valence-electron chi connectivity index (χ3n) is 2.41. The molecule has 0 spiro atoms. The lowest BCUT2D eigenvalue weighted by atomic mass is 10.0. The zero-order valence-electron chi connectivity index (χ0n) is 10.7. The molecule has 0 aromatic heterocycles. The summed E-state index contributed by atoms with van der Waals surface area (Å²) < 4.78 is 4.97. The van der Waals surface area contributed by atoms with Crippen molar-refractivity contribution in [1.82, 2.24) is 0 Å². The predicted molar refractivity (Wildman–Crippen MR) is 68.0 cm³/mol. The predicted octanol–water partition coefficient (Wildman–Crippen LogP) is 1.98. The zero-order valence-corrected chi connectivity index (χ0v) is 10.7. The van der Waals surface area contributed by atoms with Crippen molar-refractivity contribution in [2.45, 2.75) is 20.8 Å². The van der Waals surface area contributed by atoms with Crippen LogP contribution in [0.1, 0.15) is 28.4 Å². The van der Waals surface area contributed by atoms with Gasteiger partial charge in [-0.15, -0.1) is 0 Å². The van der Waals surface area contributed by atoms with Gasteiger partial charge in [0.2, 0.25) is 5.91 Å². The number of benzene rings is 1. The molecule has 0 bridgehead atoms. The topological polar surface area (TPSA) is 75.6 Å². The number of nitrogens with one attached hydrogen (secondary N) is 1. The number of ether oxygens (including phenoxy) is 1. The van der Waals surface area contributed by atoms with Gasteiger partial charge in [0.1, 0.15) is 6.61 Å². The lowest BCUT2D eigenvalue weighted by Crippen LogP contribution is -2.20. The molecule has 0 fully saturated rings. The van der Waals surface area contributed by atoms with Gasteiger partial charge >= 0.3 is 5.97 Å². The molecule has 18 heavy (non-hydrogen) atoms. The van der Waals surface area contributed by atoms with Gasteiger partial charge < -0.3 is 15.2 Å². The average Bonchev–Trinajstić information content (AvgIpc) is 2.29. The summed E-state index contributed by atoms with van der Waals surface area (Å²) in [5.74, 6) is -1.42. The molecule has 5 nitrogen and oxygen atoms in total. The largest absolute Gasteiger partial charge is 0.478 e. The van der Waals surface area contributed by atoms with E-state index < -0.39 is 5.97 Å². The summed E-state index contributed by atoms with van der Waals surface area (Å²) >= 11 is 0. The van der Waals surface area contributed by atoms with Crippen molar-refractivity contribution < 1.29 is 19.4 Å². The summed E-state index contributed by atoms with van der Waals surface area (Å²) in [7, 11) is 0. The molecule has 1 aromatic rings. The highest BCUT2D eigenvalue weighted by atomic mass is 16.5. The quantitative estimate of drug-likeness (QED) is 0.839. The van der Waals surface area contributed by atoms with E-state index in [0.717, 1.165) is 11.1 Å². The molecule has 98 valence electrons. The van der Waals surface area contributed by atoms with E-state index in [1.54, 1.807) is 13.8 Å². The van der Waals surface area contributed by atoms with Gasteiger partial charge in [-0.3, -0.25) is 4.79 Å². The zero-order chi connectivity index (χ0) is 13.7. The van der Waals surface area contributed by atoms with Crippen molar-refractivity contribution in [1.29, 1.82) is 0 Å². The smallest absolute Gasteiger partial charge is 0.337 e. The fourth-order valence-corrected chi connectivity index (χ4v) is 1.67. The number of amides is 1. The van der Waals surface area contributed by atoms with Gasteiger partial charge in [0.05, 0.1) is 11.3 Å². The van der Waals surface area contributed by atoms with Crippen molar-refractivity contribution in [3.05, 3.63) is 28.8 Å². The molecule has 0 heterocycles. The molecule has 0 saturated heterocycles. The monoisotopic (exact) mass is 251 g/mol. The molecule has 0 aliphatic carbocycles. The first kappa shape index (κ1) is 14.2. The van der Waals surface area contributed by atoms with E-state index in [-0.39, 0.29) is 18.1 Å². The number of rotatable bonds is 5. The Labute approximate surface area is 106 Å². The molecule has 5 heteroatoms. The Balaban J connectivity index is 3.00. The summed E-state index contributed by atoms with van der Waals surface area (Å²) in [6.07, 6.45) is 0. The fourth-order valence-electron chi connectivity index (χ4n) is 1.67. The van der Waals surface area contributed by atoms with Crippen LogP contribution in [0.25, 0.3) is 0 Å². The Kier molecular flexibility index (Phi) is 4.85. The van der Waals surface area contributed by atoms with Gasteiger partial charge in [0, 0.05) is 6.61 Å². The normalized spacial score (nSPS) is 10.2. The molecule has 0 aliphatic heterocycles. The first-order chi connectivity index (χ1) is 8.45. The summed E-state index contributed by atoms with van der Waals surface area (Å²) in [6, 6.07) is 3.36. The number of anilines is 1. The average molecular weight is 251 g/mol. The number of hydrogen-bond donors (Lipinski definition) is 2. The van der Waals surface area contributed by atoms with Crippen LogP contribution in [0.5, 0.6) is 0 Å². The molecule has 0 atom stereocenters. The van der Waals surface area contributed by atoms with Crippen LogP contribution in [0, 0.1) is 13.8 Å². The van der Waals surface area contributed by atoms with E-state index in [4.69, 9.17) is 9.84 Å². The van der Waals surface area contributed by atoms with Crippen LogP contribution < -0.4 is 5.32 Å². The van der Waals surface area contributed by atoms with Crippen LogP contribution in [0.15, 0.2) is 12.1 Å². The SMILES string of the molecule is CCOCC(=O)Nc1c(C)cc(C)cc1C(=O)O. The van der Waals surface area contributed by atoms with Gasteiger partial charge in [0.15, 0.2) is 0 Å². The van der Waals surface area contributed by atoms with Crippen LogP contribution >= 0.6 is 0 Å². The summed E-state index contributed by atoms with van der Waals surface area (Å²) in [5, 5.41) is 11.7. The third kappa shape index (κ3) is 3.56. The molecular formula is C13H17NO4. The Morgan fingerprint density at radius 1 is 1.33 bits per heavy atom. The van der Waals surface area contributed by atoms with Crippen LogP contribution in [0.3, 0.4) is 0 Å². The summed E-state index contributed by atoms with van der Waals surface area (Å²) in [6.45, 7) is 5.71. The number of carbonyl (C=O) groups is 2. The number of carboxylic acids is 1. The number of carboxylic acid groups (broad SMARTS) is 1. The Bertz CT molecular complexity index is 468. The molecule has 0 radical (unpaired) electrons. The second-order valence-electron chi connectivity index (χ2n) is 3.99. The van der Waals surface area contributed by atoms with Gasteiger partial charge in [0.25, 0.3) is 0 Å². The Morgan fingerprint density at radius 2 is 2.00 bits per heavy atom. The number of aryl methyl sites for hydroxylation is 2. The molecule has 1 rings (SSSR count). The van der Waals surface area contributed by atoms with Crippen molar-refractivity contribution in [2.24, 2.45) is 0 Å². The standard InChI is InChI=1S/C13H17NO4/c1-4-18-7-11(15)14-12-9(3)5-8(2)6-10(12)13(16)17/h5-6H,4,7H2,1-3H3,(H,14,15)(H,16,17). The highest BCUT2D eigenvalue weighted by Gasteiger charge is 2.15. The van der Waals surface area contributed by atoms with E-state index in [2.05, 4.69) is 5.32 Å². The molecule has 0 unspecified atom stereocenters. The van der Waals surface area contributed by atoms with E-state index in [0.29, 0.717) is 12.3 Å². The van der Waals surface area contributed by atoms with Crippen LogP contribution in [0.4, 0.5) is 5.69 Å². The Morgan fingerprint density at radius 3 is 2.56 bits per heavy atom. The van der Waals surface area contributed by atoms with Gasteiger partial charge in [-0.2, -0.15) is 0 Å². The van der Waals surface area contributed by atoms with Crippen LogP contribution in [-0.2, 0) is 9.53 Å². The van der Waals surface area contributed by atoms with Crippen LogP contribution in [0.2, 0.25) is 0 Å². The molecule has 0 aliphatic rings. The minimum absolute atomic E-state index is 0.0805. The lowest BCUT2D eigenvalue weighted by Gasteiger charge is -2.12. The molecule has 1 amide bonds. The lowest BCUT2D eigenvalue weighted by molar-refractivity contribution is -0.120. The number of carbonyl (C=O) groups excluding carboxylic acids is 1. The second-order valence-corrected chi connectivity index (χ2v) is 3.99. The van der Waals surface area contributed by atoms with Gasteiger partial charge in [-0.25, -0.2) is 4.79 Å². The van der Waals surface area contributed by atoms with E-state index in [1.165, 1.54) is 6.07 Å². The summed E-state index contributed by atoms with van der Waals surface area (Å²) in [5.41, 5.74) is 1.99. The highest BCUT2D eigenvalue weighted by molar-refractivity contribution is 6.02. The first-order valence-electron chi connectivity index (χ1n) is 5.67. The van der Waals surface area contributed by atoms with Crippen molar-refractivity contribution in [3.8, 4) is 0 Å². The van der Waals surface area contributed by atoms with Crippen molar-refractivity contribution >= 4 is 17.6 Å². The van der Waals surface area contributed by atoms with Crippen LogP contribution in [-0.4, -0.2) is 30.2 Å². The molecule has 1 aromatic carbocycles. The maximum absolute atomic E-state index is 11.6. The maximum atomic E-state index is 11.6. The fraction of sp³-hybridized carbons (Fsp3) is 0.385. The minimum Gasteiger partial charge on any atom is -0.478 e. The third-order valence-corrected chi connectivity index (χ3v) is 2.41. The van der Waals surface area contributed by atoms with Crippen molar-refractivity contribution in [2.75, 3.05) is 18.5 Å². The Hall–Kier alpha value is -1.88. The van der Waals surface area contributed by atoms with Gasteiger partial charge in [-0.1, -0.05) is 6.07 Å². The second kappa shape index (κ2) is 6.16. The number of aromatic carboxylic acids is 1. The number of hydrogen-bond acceptors (Lipinski definition) is 3. The maximum Gasteiger partial charge on any atom is 0.337 e. The van der Waals surface area contributed by atoms with E-state index in [1.807, 2.05) is 13.0 Å². The molecule has 0 saturated carbocycles. The van der Waals surface area contributed by atoms with Gasteiger partial charge in [-0.05, 0) is 38.0 Å². The highest BCUT2D eigenvalue weighted by Crippen LogP contribution is 2.22. The van der Waals surface area contributed by atoms with E-state index in [9.17, 15) is 9.59 Å². The minimum atomic E-state index is -1.06. The first-order valence-corrected chi connectivity index (χ1v) is 5.67. The van der Waals surface area contributed by atoms with Crippen molar-refractivity contribution in [3.63, 3.8) is 0 Å².